The van der Waals surface area contributed by atoms with Gasteiger partial charge in [-0.05, 0) is 72.0 Å². The summed E-state index contributed by atoms with van der Waals surface area (Å²) in [6.45, 7) is 3.95. The molecule has 4 rings (SSSR count). The maximum Gasteiger partial charge on any atom is 0.269 e. The van der Waals surface area contributed by atoms with Crippen LogP contribution >= 0.6 is 0 Å². The number of benzene rings is 2. The van der Waals surface area contributed by atoms with Crippen LogP contribution in [0.3, 0.4) is 0 Å². The van der Waals surface area contributed by atoms with E-state index in [-0.39, 0.29) is 18.1 Å². The number of aromatic nitrogens is 1. The second-order valence-electron chi connectivity index (χ2n) is 7.78. The minimum absolute atomic E-state index is 0.0357. The van der Waals surface area contributed by atoms with Crippen molar-refractivity contribution in [3.63, 3.8) is 0 Å². The molecule has 1 aliphatic carbocycles. The zero-order valence-electron chi connectivity index (χ0n) is 18.5. The fraction of sp³-hybridized carbons (Fsp3) is 0.115. The first-order valence-electron chi connectivity index (χ1n) is 10.3. The summed E-state index contributed by atoms with van der Waals surface area (Å²) in [6, 6.07) is 18.0. The predicted octanol–water partition coefficient (Wildman–Crippen LogP) is 5.18. The van der Waals surface area contributed by atoms with E-state index in [1.165, 1.54) is 12.1 Å². The largest absolute Gasteiger partial charge is 0.489 e. The molecular formula is C26H19N5O3. The molecule has 0 saturated heterocycles. The zero-order valence-corrected chi connectivity index (χ0v) is 18.5. The van der Waals surface area contributed by atoms with Crippen molar-refractivity contribution < 1.29 is 9.66 Å². The molecule has 8 nitrogen and oxygen atoms in total. The lowest BCUT2D eigenvalue weighted by molar-refractivity contribution is -0.384. The summed E-state index contributed by atoms with van der Waals surface area (Å²) in [5.41, 5.74) is 12.0. The summed E-state index contributed by atoms with van der Waals surface area (Å²) in [6.07, 6.45) is 1.95. The third kappa shape index (κ3) is 3.96. The number of rotatable bonds is 5. The molecule has 34 heavy (non-hydrogen) atoms. The van der Waals surface area contributed by atoms with Crippen molar-refractivity contribution in [1.82, 2.24) is 4.98 Å². The van der Waals surface area contributed by atoms with Gasteiger partial charge in [-0.1, -0.05) is 12.1 Å². The highest BCUT2D eigenvalue weighted by molar-refractivity contribution is 6.08. The van der Waals surface area contributed by atoms with Crippen LogP contribution in [0.25, 0.3) is 17.2 Å². The highest BCUT2D eigenvalue weighted by atomic mass is 16.6. The molecular weight excluding hydrogens is 430 g/mol. The first-order valence-corrected chi connectivity index (χ1v) is 10.3. The number of nitrogen functional groups attached to an aromatic ring is 1. The lowest BCUT2D eigenvalue weighted by Gasteiger charge is -2.11. The Morgan fingerprint density at radius 2 is 1.76 bits per heavy atom. The fourth-order valence-electron chi connectivity index (χ4n) is 3.90. The van der Waals surface area contributed by atoms with Gasteiger partial charge >= 0.3 is 0 Å². The molecule has 2 aromatic carbocycles. The van der Waals surface area contributed by atoms with Crippen molar-refractivity contribution in [2.24, 2.45) is 0 Å². The Bertz CT molecular complexity index is 1450. The van der Waals surface area contributed by atoms with Gasteiger partial charge in [0.05, 0.1) is 21.8 Å². The number of nitriles is 2. The van der Waals surface area contributed by atoms with Crippen molar-refractivity contribution in [3.8, 4) is 17.9 Å². The number of ether oxygens (including phenoxy) is 1. The lowest BCUT2D eigenvalue weighted by Crippen LogP contribution is -2.03. The highest BCUT2D eigenvalue weighted by Crippen LogP contribution is 2.44. The lowest BCUT2D eigenvalue weighted by atomic mass is 9.95. The molecule has 1 aromatic heterocycles. The Morgan fingerprint density at radius 3 is 2.35 bits per heavy atom. The molecule has 0 fully saturated rings. The Labute approximate surface area is 196 Å². The molecule has 0 bridgehead atoms. The Morgan fingerprint density at radius 1 is 1.09 bits per heavy atom. The molecule has 1 aliphatic rings. The third-order valence-corrected chi connectivity index (χ3v) is 5.73. The summed E-state index contributed by atoms with van der Waals surface area (Å²) in [4.78, 5) is 14.7. The highest BCUT2D eigenvalue weighted by Gasteiger charge is 2.29. The van der Waals surface area contributed by atoms with Crippen molar-refractivity contribution in [3.05, 3.63) is 97.7 Å². The molecule has 3 aromatic rings. The molecule has 0 aliphatic heterocycles. The number of allylic oxidation sites excluding steroid dienone is 3. The Hall–Kier alpha value is -4.95. The molecule has 0 saturated carbocycles. The van der Waals surface area contributed by atoms with Gasteiger partial charge in [-0.15, -0.1) is 0 Å². The summed E-state index contributed by atoms with van der Waals surface area (Å²) in [5, 5.41) is 29.9. The topological polar surface area (TPSA) is 139 Å². The number of nitrogens with two attached hydrogens (primary N) is 1. The molecule has 0 unspecified atom stereocenters. The monoisotopic (exact) mass is 449 g/mol. The van der Waals surface area contributed by atoms with E-state index in [2.05, 4.69) is 17.1 Å². The van der Waals surface area contributed by atoms with Gasteiger partial charge in [-0.25, -0.2) is 4.98 Å². The van der Waals surface area contributed by atoms with Crippen LogP contribution in [0, 0.1) is 39.7 Å². The fourth-order valence-corrected chi connectivity index (χ4v) is 3.90. The first kappa shape index (κ1) is 22.3. The third-order valence-electron chi connectivity index (χ3n) is 5.73. The van der Waals surface area contributed by atoms with Crippen molar-refractivity contribution in [2.75, 3.05) is 5.73 Å². The van der Waals surface area contributed by atoms with Crippen LogP contribution in [0.5, 0.6) is 5.75 Å². The first-order chi connectivity index (χ1) is 16.3. The van der Waals surface area contributed by atoms with E-state index in [4.69, 9.17) is 10.5 Å². The van der Waals surface area contributed by atoms with E-state index in [9.17, 15) is 20.6 Å². The van der Waals surface area contributed by atoms with Gasteiger partial charge in [0, 0.05) is 17.7 Å². The van der Waals surface area contributed by atoms with Crippen LogP contribution in [0.4, 0.5) is 11.5 Å². The average molecular weight is 449 g/mol. The number of hydrogen-bond acceptors (Lipinski definition) is 7. The zero-order chi connectivity index (χ0) is 24.4. The number of hydrogen-bond donors (Lipinski definition) is 1. The SMILES string of the molecule is CC1=C(C#N)c2nc(N)c(C#N)c(C)c2/C1=C\c1ccc(OCc2ccc([N+](=O)[O-])cc2)cc1. The van der Waals surface area contributed by atoms with Crippen LogP contribution in [-0.4, -0.2) is 9.91 Å². The van der Waals surface area contributed by atoms with Gasteiger partial charge in [0.15, 0.2) is 0 Å². The number of fused-ring (bicyclic) bond motifs is 1. The molecule has 0 amide bonds. The Kier molecular flexibility index (Phi) is 5.82. The molecule has 166 valence electrons. The van der Waals surface area contributed by atoms with Gasteiger partial charge < -0.3 is 10.5 Å². The van der Waals surface area contributed by atoms with Crippen molar-refractivity contribution in [1.29, 1.82) is 10.5 Å². The molecule has 0 spiro atoms. The Balaban J connectivity index is 1.59. The van der Waals surface area contributed by atoms with E-state index in [1.54, 1.807) is 12.1 Å². The molecule has 8 heteroatoms. The van der Waals surface area contributed by atoms with Crippen molar-refractivity contribution in [2.45, 2.75) is 20.5 Å². The number of anilines is 1. The summed E-state index contributed by atoms with van der Waals surface area (Å²) < 4.78 is 5.79. The minimum atomic E-state index is -0.440. The second-order valence-corrected chi connectivity index (χ2v) is 7.78. The number of non-ortho nitro benzene ring substituents is 1. The number of nitro groups is 1. The second kappa shape index (κ2) is 8.89. The molecule has 2 N–H and O–H groups in total. The van der Waals surface area contributed by atoms with Gasteiger partial charge in [0.1, 0.15) is 30.3 Å². The molecule has 1 heterocycles. The summed E-state index contributed by atoms with van der Waals surface area (Å²) in [5.74, 6) is 0.768. The minimum Gasteiger partial charge on any atom is -0.489 e. The normalized spacial score (nSPS) is 13.4. The van der Waals surface area contributed by atoms with Gasteiger partial charge in [-0.3, -0.25) is 10.1 Å². The number of nitrogens with zero attached hydrogens (tertiary/aromatic N) is 4. The molecule has 0 atom stereocenters. The van der Waals surface area contributed by atoms with Crippen LogP contribution in [-0.2, 0) is 6.61 Å². The van der Waals surface area contributed by atoms with Crippen LogP contribution in [0.15, 0.2) is 54.1 Å². The maximum atomic E-state index is 10.8. The number of nitro benzene ring substituents is 1. The smallest absolute Gasteiger partial charge is 0.269 e. The van der Waals surface area contributed by atoms with E-state index >= 15 is 0 Å². The van der Waals surface area contributed by atoms with E-state index in [0.29, 0.717) is 28.1 Å². The van der Waals surface area contributed by atoms with Gasteiger partial charge in [0.25, 0.3) is 5.69 Å². The summed E-state index contributed by atoms with van der Waals surface area (Å²) in [7, 11) is 0. The quantitative estimate of drug-likeness (QED) is 0.418. The van der Waals surface area contributed by atoms with Crippen LogP contribution in [0.1, 0.15) is 40.4 Å². The predicted molar refractivity (Wildman–Crippen MR) is 128 cm³/mol. The average Bonchev–Trinajstić information content (AvgIpc) is 3.09. The van der Waals surface area contributed by atoms with Crippen LogP contribution < -0.4 is 10.5 Å². The van der Waals surface area contributed by atoms with Gasteiger partial charge in [-0.2, -0.15) is 10.5 Å². The number of pyridine rings is 1. The van der Waals surface area contributed by atoms with Crippen molar-refractivity contribution >= 4 is 28.7 Å². The van der Waals surface area contributed by atoms with E-state index in [1.807, 2.05) is 44.2 Å². The van der Waals surface area contributed by atoms with E-state index in [0.717, 1.165) is 27.8 Å². The van der Waals surface area contributed by atoms with Gasteiger partial charge in [0.2, 0.25) is 0 Å². The standard InChI is InChI=1S/C26H19N5O3/c1-15-21(24-16(2)23(13-28)26(29)30-25(24)22(15)12-27)11-17-5-9-20(10-6-17)34-14-18-3-7-19(8-4-18)31(32)33/h3-11H,14H2,1-2H3,(H2,29,30)/b21-11-. The molecule has 0 radical (unpaired) electrons. The van der Waals surface area contributed by atoms with Crippen LogP contribution in [0.2, 0.25) is 0 Å². The maximum absolute atomic E-state index is 10.8. The van der Waals surface area contributed by atoms with E-state index < -0.39 is 4.92 Å². The summed E-state index contributed by atoms with van der Waals surface area (Å²) >= 11 is 0.